The van der Waals surface area contributed by atoms with Crippen LogP contribution in [0, 0.1) is 11.7 Å². The minimum atomic E-state index is -0.268. The van der Waals surface area contributed by atoms with Crippen molar-refractivity contribution < 1.29 is 13.9 Å². The van der Waals surface area contributed by atoms with Gasteiger partial charge in [-0.15, -0.1) is 0 Å². The molecule has 1 aromatic carbocycles. The zero-order valence-corrected chi connectivity index (χ0v) is 14.5. The third kappa shape index (κ3) is 5.05. The van der Waals surface area contributed by atoms with Gasteiger partial charge >= 0.3 is 0 Å². The summed E-state index contributed by atoms with van der Waals surface area (Å²) < 4.78 is 20.4. The number of rotatable bonds is 6. The SMILES string of the molecule is Cn1cc(CCC(=O)N2CCC[C@H](COc3ccc(F)cc3)C2)cn1. The number of nitrogens with zero attached hydrogens (tertiary/aromatic N) is 3. The fraction of sp³-hybridized carbons (Fsp3) is 0.474. The number of ether oxygens (including phenoxy) is 1. The second kappa shape index (κ2) is 8.14. The van der Waals surface area contributed by atoms with Crippen molar-refractivity contribution in [1.82, 2.24) is 14.7 Å². The van der Waals surface area contributed by atoms with Gasteiger partial charge in [-0.25, -0.2) is 4.39 Å². The van der Waals surface area contributed by atoms with Gasteiger partial charge in [0.1, 0.15) is 11.6 Å². The molecule has 3 rings (SSSR count). The summed E-state index contributed by atoms with van der Waals surface area (Å²) in [5.41, 5.74) is 1.09. The maximum atomic E-state index is 12.9. The van der Waals surface area contributed by atoms with Crippen LogP contribution in [0.4, 0.5) is 4.39 Å². The Hall–Kier alpha value is -2.37. The van der Waals surface area contributed by atoms with Crippen LogP contribution in [-0.2, 0) is 18.3 Å². The van der Waals surface area contributed by atoms with E-state index in [2.05, 4.69) is 5.10 Å². The molecule has 1 aromatic heterocycles. The predicted octanol–water partition coefficient (Wildman–Crippen LogP) is 2.81. The average molecular weight is 345 g/mol. The first-order valence-corrected chi connectivity index (χ1v) is 8.74. The second-order valence-electron chi connectivity index (χ2n) is 6.64. The van der Waals surface area contributed by atoms with E-state index in [1.807, 2.05) is 24.3 Å². The molecule has 1 saturated heterocycles. The van der Waals surface area contributed by atoms with Crippen LogP contribution in [0.25, 0.3) is 0 Å². The topological polar surface area (TPSA) is 47.4 Å². The standard InChI is InChI=1S/C19H24FN3O2/c1-22-12-15(11-21-22)4-9-19(24)23-10-2-3-16(13-23)14-25-18-7-5-17(20)6-8-18/h5-8,11-12,16H,2-4,9-10,13-14H2,1H3/t16-/m0/s1. The van der Waals surface area contributed by atoms with Gasteiger partial charge in [-0.2, -0.15) is 5.10 Å². The van der Waals surface area contributed by atoms with E-state index in [9.17, 15) is 9.18 Å². The van der Waals surface area contributed by atoms with Gasteiger partial charge in [0.15, 0.2) is 0 Å². The van der Waals surface area contributed by atoms with Crippen molar-refractivity contribution >= 4 is 5.91 Å². The third-order valence-electron chi connectivity index (χ3n) is 4.56. The average Bonchev–Trinajstić information content (AvgIpc) is 3.05. The summed E-state index contributed by atoms with van der Waals surface area (Å²) in [6.45, 7) is 2.10. The molecule has 6 heteroatoms. The summed E-state index contributed by atoms with van der Waals surface area (Å²) >= 11 is 0. The number of benzene rings is 1. The first-order valence-electron chi connectivity index (χ1n) is 8.74. The Morgan fingerprint density at radius 3 is 2.88 bits per heavy atom. The van der Waals surface area contributed by atoms with Gasteiger partial charge < -0.3 is 9.64 Å². The number of aryl methyl sites for hydroxylation is 2. The van der Waals surface area contributed by atoms with E-state index in [0.29, 0.717) is 24.7 Å². The second-order valence-corrected chi connectivity index (χ2v) is 6.64. The Morgan fingerprint density at radius 2 is 2.16 bits per heavy atom. The number of carbonyl (C=O) groups is 1. The van der Waals surface area contributed by atoms with Gasteiger partial charge in [0.05, 0.1) is 12.8 Å². The third-order valence-corrected chi connectivity index (χ3v) is 4.56. The van der Waals surface area contributed by atoms with Gasteiger partial charge in [0.2, 0.25) is 5.91 Å². The van der Waals surface area contributed by atoms with Crippen LogP contribution in [-0.4, -0.2) is 40.3 Å². The molecule has 1 atom stereocenters. The van der Waals surface area contributed by atoms with Gasteiger partial charge in [0, 0.05) is 38.7 Å². The number of hydrogen-bond acceptors (Lipinski definition) is 3. The predicted molar refractivity (Wildman–Crippen MR) is 92.7 cm³/mol. The molecular weight excluding hydrogens is 321 g/mol. The summed E-state index contributed by atoms with van der Waals surface area (Å²) in [4.78, 5) is 14.4. The molecule has 134 valence electrons. The van der Waals surface area contributed by atoms with Gasteiger partial charge in [0.25, 0.3) is 0 Å². The van der Waals surface area contributed by atoms with E-state index >= 15 is 0 Å². The molecule has 0 saturated carbocycles. The molecule has 1 amide bonds. The minimum Gasteiger partial charge on any atom is -0.493 e. The van der Waals surface area contributed by atoms with Gasteiger partial charge in [-0.3, -0.25) is 9.48 Å². The van der Waals surface area contributed by atoms with Crippen LogP contribution in [0.5, 0.6) is 5.75 Å². The van der Waals surface area contributed by atoms with Crippen molar-refractivity contribution in [2.75, 3.05) is 19.7 Å². The van der Waals surface area contributed by atoms with Crippen molar-refractivity contribution in [2.45, 2.75) is 25.7 Å². The molecule has 1 aliphatic rings. The van der Waals surface area contributed by atoms with Crippen LogP contribution < -0.4 is 4.74 Å². The lowest BCUT2D eigenvalue weighted by atomic mass is 9.98. The molecule has 0 N–H and O–H groups in total. The number of amides is 1. The molecule has 25 heavy (non-hydrogen) atoms. The highest BCUT2D eigenvalue weighted by atomic mass is 19.1. The van der Waals surface area contributed by atoms with Crippen molar-refractivity contribution in [3.63, 3.8) is 0 Å². The van der Waals surface area contributed by atoms with E-state index < -0.39 is 0 Å². The summed E-state index contributed by atoms with van der Waals surface area (Å²) in [6, 6.07) is 6.05. The Bertz CT molecular complexity index is 699. The first kappa shape index (κ1) is 17.5. The van der Waals surface area contributed by atoms with E-state index in [4.69, 9.17) is 4.74 Å². The number of piperidine rings is 1. The number of hydrogen-bond donors (Lipinski definition) is 0. The Balaban J connectivity index is 1.45. The maximum absolute atomic E-state index is 12.9. The van der Waals surface area contributed by atoms with Crippen molar-refractivity contribution in [2.24, 2.45) is 13.0 Å². The van der Waals surface area contributed by atoms with E-state index in [1.54, 1.807) is 16.8 Å². The molecule has 0 aliphatic carbocycles. The van der Waals surface area contributed by atoms with E-state index in [1.165, 1.54) is 12.1 Å². The molecule has 5 nitrogen and oxygen atoms in total. The maximum Gasteiger partial charge on any atom is 0.222 e. The number of halogens is 1. The molecule has 2 aromatic rings. The molecule has 0 bridgehead atoms. The van der Waals surface area contributed by atoms with Crippen molar-refractivity contribution in [3.05, 3.63) is 48.0 Å². The summed E-state index contributed by atoms with van der Waals surface area (Å²) in [7, 11) is 1.88. The van der Waals surface area contributed by atoms with E-state index in [0.717, 1.165) is 37.9 Å². The lowest BCUT2D eigenvalue weighted by Crippen LogP contribution is -2.41. The lowest BCUT2D eigenvalue weighted by molar-refractivity contribution is -0.133. The highest BCUT2D eigenvalue weighted by Crippen LogP contribution is 2.20. The molecular formula is C19H24FN3O2. The molecule has 0 radical (unpaired) electrons. The quantitative estimate of drug-likeness (QED) is 0.809. The summed E-state index contributed by atoms with van der Waals surface area (Å²) in [5.74, 6) is 0.910. The van der Waals surface area contributed by atoms with Crippen LogP contribution >= 0.6 is 0 Å². The highest BCUT2D eigenvalue weighted by molar-refractivity contribution is 5.76. The molecule has 0 unspecified atom stereocenters. The summed E-state index contributed by atoms with van der Waals surface area (Å²) in [6.07, 6.45) is 7.03. The molecule has 1 aliphatic heterocycles. The Labute approximate surface area is 147 Å². The monoisotopic (exact) mass is 345 g/mol. The smallest absolute Gasteiger partial charge is 0.222 e. The Morgan fingerprint density at radius 1 is 1.36 bits per heavy atom. The zero-order valence-electron chi connectivity index (χ0n) is 14.5. The lowest BCUT2D eigenvalue weighted by Gasteiger charge is -2.32. The van der Waals surface area contributed by atoms with Crippen LogP contribution in [0.3, 0.4) is 0 Å². The molecule has 2 heterocycles. The van der Waals surface area contributed by atoms with Crippen LogP contribution in [0.1, 0.15) is 24.8 Å². The highest BCUT2D eigenvalue weighted by Gasteiger charge is 2.24. The first-order chi connectivity index (χ1) is 12.1. The summed E-state index contributed by atoms with van der Waals surface area (Å²) in [5, 5.41) is 4.13. The molecule has 0 spiro atoms. The number of aromatic nitrogens is 2. The van der Waals surface area contributed by atoms with Crippen molar-refractivity contribution in [3.8, 4) is 5.75 Å². The van der Waals surface area contributed by atoms with Crippen LogP contribution in [0.15, 0.2) is 36.7 Å². The number of carbonyl (C=O) groups excluding carboxylic acids is 1. The minimum absolute atomic E-state index is 0.190. The molecule has 1 fully saturated rings. The largest absolute Gasteiger partial charge is 0.493 e. The zero-order chi connectivity index (χ0) is 17.6. The van der Waals surface area contributed by atoms with Crippen LogP contribution in [0.2, 0.25) is 0 Å². The van der Waals surface area contributed by atoms with Gasteiger partial charge in [-0.1, -0.05) is 0 Å². The van der Waals surface area contributed by atoms with Gasteiger partial charge in [-0.05, 0) is 49.1 Å². The fourth-order valence-corrected chi connectivity index (χ4v) is 3.18. The van der Waals surface area contributed by atoms with Crippen molar-refractivity contribution in [1.29, 1.82) is 0 Å². The van der Waals surface area contributed by atoms with E-state index in [-0.39, 0.29) is 11.7 Å². The normalized spacial score (nSPS) is 17.5. The fourth-order valence-electron chi connectivity index (χ4n) is 3.18. The Kier molecular flexibility index (Phi) is 5.68. The number of likely N-dealkylation sites (tertiary alicyclic amines) is 1.